The maximum atomic E-state index is 12.5. The minimum absolute atomic E-state index is 0.0577. The van der Waals surface area contributed by atoms with E-state index in [2.05, 4.69) is 21.2 Å². The lowest BCUT2D eigenvalue weighted by Crippen LogP contribution is -2.28. The van der Waals surface area contributed by atoms with Gasteiger partial charge in [0.05, 0.1) is 11.6 Å². The third-order valence-electron chi connectivity index (χ3n) is 4.28. The number of fused-ring (bicyclic) bond motifs is 1. The molecular formula is C18H15BrN2O4. The minimum Gasteiger partial charge on any atom is -0.454 e. The second kappa shape index (κ2) is 6.40. The van der Waals surface area contributed by atoms with Crippen LogP contribution >= 0.6 is 15.9 Å². The van der Waals surface area contributed by atoms with Gasteiger partial charge < -0.3 is 19.7 Å². The summed E-state index contributed by atoms with van der Waals surface area (Å²) in [7, 11) is 0. The zero-order valence-electron chi connectivity index (χ0n) is 13.2. The summed E-state index contributed by atoms with van der Waals surface area (Å²) in [6, 6.07) is 12.7. The van der Waals surface area contributed by atoms with E-state index >= 15 is 0 Å². The van der Waals surface area contributed by atoms with Gasteiger partial charge in [0.2, 0.25) is 18.6 Å². The smallest absolute Gasteiger partial charge is 0.231 e. The number of halogens is 1. The van der Waals surface area contributed by atoms with Crippen LogP contribution in [0.4, 0.5) is 11.4 Å². The molecule has 2 heterocycles. The lowest BCUT2D eigenvalue weighted by atomic mass is 10.1. The molecule has 2 aromatic carbocycles. The first-order valence-electron chi connectivity index (χ1n) is 7.87. The normalized spacial score (nSPS) is 18.5. The van der Waals surface area contributed by atoms with E-state index in [0.29, 0.717) is 23.7 Å². The first-order chi connectivity index (χ1) is 12.1. The Bertz CT molecular complexity index is 855. The van der Waals surface area contributed by atoms with Crippen molar-refractivity contribution in [2.75, 3.05) is 23.6 Å². The number of benzene rings is 2. The lowest BCUT2D eigenvalue weighted by Gasteiger charge is -2.18. The zero-order chi connectivity index (χ0) is 17.4. The molecule has 2 aliphatic heterocycles. The Morgan fingerprint density at radius 1 is 1.16 bits per heavy atom. The van der Waals surface area contributed by atoms with Gasteiger partial charge in [-0.25, -0.2) is 0 Å². The molecule has 25 heavy (non-hydrogen) atoms. The van der Waals surface area contributed by atoms with Crippen molar-refractivity contribution in [1.82, 2.24) is 0 Å². The van der Waals surface area contributed by atoms with E-state index in [1.165, 1.54) is 0 Å². The van der Waals surface area contributed by atoms with E-state index in [1.807, 2.05) is 24.3 Å². The van der Waals surface area contributed by atoms with Crippen LogP contribution < -0.4 is 19.7 Å². The fourth-order valence-electron chi connectivity index (χ4n) is 3.01. The molecule has 0 unspecified atom stereocenters. The largest absolute Gasteiger partial charge is 0.454 e. The lowest BCUT2D eigenvalue weighted by molar-refractivity contribution is -0.122. The van der Waals surface area contributed by atoms with Gasteiger partial charge in [0.15, 0.2) is 11.5 Å². The maximum absolute atomic E-state index is 12.5. The van der Waals surface area contributed by atoms with Gasteiger partial charge in [0.1, 0.15) is 0 Å². The van der Waals surface area contributed by atoms with E-state index in [4.69, 9.17) is 9.47 Å². The highest BCUT2D eigenvalue weighted by atomic mass is 79.9. The van der Waals surface area contributed by atoms with Gasteiger partial charge >= 0.3 is 0 Å². The van der Waals surface area contributed by atoms with Crippen LogP contribution in [-0.4, -0.2) is 25.2 Å². The highest BCUT2D eigenvalue weighted by Gasteiger charge is 2.35. The van der Waals surface area contributed by atoms with E-state index in [9.17, 15) is 9.59 Å². The number of hydrogen-bond donors (Lipinski definition) is 1. The number of anilines is 2. The van der Waals surface area contributed by atoms with Gasteiger partial charge in [-0.3, -0.25) is 9.59 Å². The van der Waals surface area contributed by atoms with Crippen LogP contribution in [0.3, 0.4) is 0 Å². The SMILES string of the molecule is O=C(Nc1ccc2c(c1)OCO2)[C@@H]1CC(=O)N(c2ccccc2Br)C1. The zero-order valence-corrected chi connectivity index (χ0v) is 14.8. The van der Waals surface area contributed by atoms with Crippen molar-refractivity contribution in [3.63, 3.8) is 0 Å². The van der Waals surface area contributed by atoms with Gasteiger partial charge in [-0.1, -0.05) is 12.1 Å². The number of carbonyl (C=O) groups excluding carboxylic acids is 2. The topological polar surface area (TPSA) is 67.9 Å². The van der Waals surface area contributed by atoms with Crippen molar-refractivity contribution in [2.45, 2.75) is 6.42 Å². The average Bonchev–Trinajstić information content (AvgIpc) is 3.21. The number of carbonyl (C=O) groups is 2. The molecule has 2 aromatic rings. The summed E-state index contributed by atoms with van der Waals surface area (Å²) in [6.07, 6.45) is 0.192. The Labute approximate surface area is 152 Å². The Hall–Kier alpha value is -2.54. The van der Waals surface area contributed by atoms with Crippen LogP contribution in [0.1, 0.15) is 6.42 Å². The number of ether oxygens (including phenoxy) is 2. The van der Waals surface area contributed by atoms with Crippen molar-refractivity contribution in [3.8, 4) is 11.5 Å². The van der Waals surface area contributed by atoms with Crippen LogP contribution in [0.25, 0.3) is 0 Å². The summed E-state index contributed by atoms with van der Waals surface area (Å²) < 4.78 is 11.4. The van der Waals surface area contributed by atoms with Crippen molar-refractivity contribution < 1.29 is 19.1 Å². The molecule has 2 amide bonds. The van der Waals surface area contributed by atoms with Crippen molar-refractivity contribution in [2.24, 2.45) is 5.92 Å². The fraction of sp³-hybridized carbons (Fsp3) is 0.222. The summed E-state index contributed by atoms with van der Waals surface area (Å²) in [6.45, 7) is 0.544. The molecule has 0 aliphatic carbocycles. The molecule has 7 heteroatoms. The molecule has 0 aromatic heterocycles. The molecule has 128 valence electrons. The van der Waals surface area contributed by atoms with Crippen LogP contribution in [0.2, 0.25) is 0 Å². The summed E-state index contributed by atoms with van der Waals surface area (Å²) in [4.78, 5) is 26.5. The number of para-hydroxylation sites is 1. The molecule has 4 rings (SSSR count). The minimum atomic E-state index is -0.398. The molecule has 1 atom stereocenters. The van der Waals surface area contributed by atoms with Crippen LogP contribution in [0.15, 0.2) is 46.9 Å². The van der Waals surface area contributed by atoms with Crippen LogP contribution in [-0.2, 0) is 9.59 Å². The van der Waals surface area contributed by atoms with E-state index in [-0.39, 0.29) is 25.0 Å². The van der Waals surface area contributed by atoms with Crippen molar-refractivity contribution >= 4 is 39.1 Å². The van der Waals surface area contributed by atoms with E-state index < -0.39 is 5.92 Å². The third-order valence-corrected chi connectivity index (χ3v) is 4.95. The second-order valence-electron chi connectivity index (χ2n) is 5.91. The number of rotatable bonds is 3. The van der Waals surface area contributed by atoms with Gasteiger partial charge in [0, 0.05) is 29.2 Å². The van der Waals surface area contributed by atoms with Crippen LogP contribution in [0, 0.1) is 5.92 Å². The van der Waals surface area contributed by atoms with Gasteiger partial charge in [-0.15, -0.1) is 0 Å². The van der Waals surface area contributed by atoms with E-state index in [0.717, 1.165) is 10.2 Å². The molecule has 0 saturated carbocycles. The molecule has 1 N–H and O–H groups in total. The number of nitrogens with zero attached hydrogens (tertiary/aromatic N) is 1. The maximum Gasteiger partial charge on any atom is 0.231 e. The van der Waals surface area contributed by atoms with Gasteiger partial charge in [-0.05, 0) is 40.2 Å². The molecule has 1 saturated heterocycles. The first-order valence-corrected chi connectivity index (χ1v) is 8.66. The highest BCUT2D eigenvalue weighted by molar-refractivity contribution is 9.10. The standard InChI is InChI=1S/C18H15BrN2O4/c19-13-3-1-2-4-14(13)21-9-11(7-17(21)22)18(23)20-12-5-6-15-16(8-12)25-10-24-15/h1-6,8,11H,7,9-10H2,(H,20,23)/t11-/m1/s1. The fourth-order valence-corrected chi connectivity index (χ4v) is 3.50. The Balaban J connectivity index is 1.47. The van der Waals surface area contributed by atoms with E-state index in [1.54, 1.807) is 23.1 Å². The summed E-state index contributed by atoms with van der Waals surface area (Å²) in [5.41, 5.74) is 1.41. The van der Waals surface area contributed by atoms with Gasteiger partial charge in [0.25, 0.3) is 0 Å². The molecular weight excluding hydrogens is 388 g/mol. The Kier molecular flexibility index (Phi) is 4.09. The van der Waals surface area contributed by atoms with Crippen molar-refractivity contribution in [1.29, 1.82) is 0 Å². The summed E-state index contributed by atoms with van der Waals surface area (Å²) >= 11 is 3.45. The molecule has 1 fully saturated rings. The van der Waals surface area contributed by atoms with Crippen molar-refractivity contribution in [3.05, 3.63) is 46.9 Å². The quantitative estimate of drug-likeness (QED) is 0.855. The molecule has 2 aliphatic rings. The Morgan fingerprint density at radius 2 is 1.96 bits per heavy atom. The van der Waals surface area contributed by atoms with Crippen LogP contribution in [0.5, 0.6) is 11.5 Å². The molecule has 0 spiro atoms. The first kappa shape index (κ1) is 16.0. The predicted octanol–water partition coefficient (Wildman–Crippen LogP) is 3.17. The second-order valence-corrected chi connectivity index (χ2v) is 6.77. The Morgan fingerprint density at radius 3 is 2.80 bits per heavy atom. The van der Waals surface area contributed by atoms with Gasteiger partial charge in [-0.2, -0.15) is 0 Å². The summed E-state index contributed by atoms with van der Waals surface area (Å²) in [5, 5.41) is 2.86. The molecule has 6 nitrogen and oxygen atoms in total. The number of hydrogen-bond acceptors (Lipinski definition) is 4. The molecule has 0 bridgehead atoms. The monoisotopic (exact) mass is 402 g/mol. The number of nitrogens with one attached hydrogen (secondary N) is 1. The summed E-state index contributed by atoms with van der Waals surface area (Å²) in [5.74, 6) is 0.633. The highest BCUT2D eigenvalue weighted by Crippen LogP contribution is 2.35. The predicted molar refractivity (Wildman–Crippen MR) is 95.8 cm³/mol. The number of amides is 2. The third kappa shape index (κ3) is 3.07. The average molecular weight is 403 g/mol. The molecule has 0 radical (unpaired) electrons.